The van der Waals surface area contributed by atoms with Crippen LogP contribution in [0.3, 0.4) is 0 Å². The van der Waals surface area contributed by atoms with Gasteiger partial charge in [0, 0.05) is 0 Å². The fraction of sp³-hybridized carbons (Fsp3) is 0.667. The smallest absolute Gasteiger partial charge is 0.339 e. The first-order valence-electron chi connectivity index (χ1n) is 7.11. The van der Waals surface area contributed by atoms with E-state index < -0.39 is 5.97 Å². The lowest BCUT2D eigenvalue weighted by Gasteiger charge is -2.14. The summed E-state index contributed by atoms with van der Waals surface area (Å²) in [5.74, 6) is 0.930. The Bertz CT molecular complexity index is 398. The van der Waals surface area contributed by atoms with E-state index in [1.807, 2.05) is 0 Å². The summed E-state index contributed by atoms with van der Waals surface area (Å²) in [6, 6.07) is 1.61. The molecule has 0 aliphatic carbocycles. The minimum atomic E-state index is -0.929. The lowest BCUT2D eigenvalue weighted by Crippen LogP contribution is -2.22. The molecule has 1 aromatic heterocycles. The van der Waals surface area contributed by atoms with Crippen LogP contribution in [0.2, 0.25) is 0 Å². The third kappa shape index (κ3) is 5.07. The number of carboxylic acids is 1. The van der Waals surface area contributed by atoms with Crippen molar-refractivity contribution in [1.29, 1.82) is 0 Å². The topological polar surface area (TPSA) is 62.5 Å². The summed E-state index contributed by atoms with van der Waals surface area (Å²) in [4.78, 5) is 10.9. The molecule has 0 aliphatic rings. The fourth-order valence-corrected chi connectivity index (χ4v) is 2.19. The second-order valence-corrected chi connectivity index (χ2v) is 5.04. The van der Waals surface area contributed by atoms with Crippen LogP contribution in [0.4, 0.5) is 0 Å². The number of carbonyl (C=O) groups is 1. The van der Waals surface area contributed by atoms with Crippen molar-refractivity contribution in [2.75, 3.05) is 6.54 Å². The van der Waals surface area contributed by atoms with Gasteiger partial charge in [0.15, 0.2) is 0 Å². The number of unbranched alkanes of at least 4 members (excludes halogenated alkanes) is 1. The highest BCUT2D eigenvalue weighted by Crippen LogP contribution is 2.15. The average Bonchev–Trinajstić information content (AvgIpc) is 2.75. The number of carboxylic acid groups (broad SMARTS) is 1. The van der Waals surface area contributed by atoms with Crippen molar-refractivity contribution in [3.05, 3.63) is 23.2 Å². The molecule has 4 heteroatoms. The fourth-order valence-electron chi connectivity index (χ4n) is 2.19. The van der Waals surface area contributed by atoms with Gasteiger partial charge in [-0.2, -0.15) is 0 Å². The van der Waals surface area contributed by atoms with Gasteiger partial charge in [-0.3, -0.25) is 0 Å². The van der Waals surface area contributed by atoms with Crippen molar-refractivity contribution in [1.82, 2.24) is 5.32 Å². The molecule has 1 atom stereocenters. The van der Waals surface area contributed by atoms with Gasteiger partial charge in [0.25, 0.3) is 0 Å². The molecule has 2 N–H and O–H groups in total. The number of aromatic carboxylic acids is 1. The van der Waals surface area contributed by atoms with Crippen LogP contribution in [0.1, 0.15) is 61.4 Å². The van der Waals surface area contributed by atoms with Crippen molar-refractivity contribution in [2.45, 2.75) is 53.0 Å². The van der Waals surface area contributed by atoms with Gasteiger partial charge in [0.05, 0.1) is 6.54 Å². The van der Waals surface area contributed by atoms with Gasteiger partial charge < -0.3 is 14.8 Å². The van der Waals surface area contributed by atoms with Crippen molar-refractivity contribution in [3.63, 3.8) is 0 Å². The highest BCUT2D eigenvalue weighted by Gasteiger charge is 2.13. The van der Waals surface area contributed by atoms with E-state index >= 15 is 0 Å². The number of furan rings is 1. The Hall–Kier alpha value is -1.29. The molecule has 0 fully saturated rings. The summed E-state index contributed by atoms with van der Waals surface area (Å²) in [6.45, 7) is 7.65. The molecule has 0 amide bonds. The molecule has 1 unspecified atom stereocenters. The summed E-state index contributed by atoms with van der Waals surface area (Å²) in [6.07, 6.45) is 4.92. The van der Waals surface area contributed by atoms with Gasteiger partial charge in [0.2, 0.25) is 0 Å². The van der Waals surface area contributed by atoms with Gasteiger partial charge in [-0.15, -0.1) is 0 Å². The molecule has 1 aromatic rings. The molecule has 108 valence electrons. The second-order valence-electron chi connectivity index (χ2n) is 5.04. The van der Waals surface area contributed by atoms with E-state index in [0.717, 1.165) is 6.54 Å². The summed E-state index contributed by atoms with van der Waals surface area (Å²) >= 11 is 0. The molecule has 1 rings (SSSR count). The molecular formula is C15H25NO3. The van der Waals surface area contributed by atoms with Crippen LogP contribution in [-0.4, -0.2) is 17.6 Å². The maximum absolute atomic E-state index is 10.9. The molecule has 1 heterocycles. The molecule has 0 aliphatic heterocycles. The van der Waals surface area contributed by atoms with E-state index in [1.54, 1.807) is 13.0 Å². The Labute approximate surface area is 115 Å². The lowest BCUT2D eigenvalue weighted by molar-refractivity contribution is 0.0695. The minimum Gasteiger partial charge on any atom is -0.478 e. The van der Waals surface area contributed by atoms with Gasteiger partial charge in [-0.1, -0.05) is 33.1 Å². The molecule has 0 saturated carbocycles. The Balaban J connectivity index is 2.40. The summed E-state index contributed by atoms with van der Waals surface area (Å²) < 4.78 is 5.43. The van der Waals surface area contributed by atoms with Crippen LogP contribution in [0.15, 0.2) is 10.5 Å². The monoisotopic (exact) mass is 267 g/mol. The van der Waals surface area contributed by atoms with Gasteiger partial charge >= 0.3 is 5.97 Å². The van der Waals surface area contributed by atoms with Gasteiger partial charge in [0.1, 0.15) is 17.1 Å². The van der Waals surface area contributed by atoms with Crippen molar-refractivity contribution < 1.29 is 14.3 Å². The van der Waals surface area contributed by atoms with E-state index in [2.05, 4.69) is 19.2 Å². The molecular weight excluding hydrogens is 242 g/mol. The molecule has 0 radical (unpaired) electrons. The first-order valence-corrected chi connectivity index (χ1v) is 7.11. The van der Waals surface area contributed by atoms with E-state index in [-0.39, 0.29) is 5.56 Å². The second kappa shape index (κ2) is 8.00. The SMILES string of the molecule is CCCCC(CC)CNCc1cc(C(=O)O)c(C)o1. The normalized spacial score (nSPS) is 12.6. The zero-order valence-electron chi connectivity index (χ0n) is 12.2. The average molecular weight is 267 g/mol. The van der Waals surface area contributed by atoms with E-state index in [1.165, 1.54) is 25.7 Å². The maximum atomic E-state index is 10.9. The summed E-state index contributed by atoms with van der Waals surface area (Å²) in [7, 11) is 0. The van der Waals surface area contributed by atoms with E-state index in [4.69, 9.17) is 9.52 Å². The van der Waals surface area contributed by atoms with Crippen molar-refractivity contribution in [2.24, 2.45) is 5.92 Å². The third-order valence-electron chi connectivity index (χ3n) is 3.47. The first kappa shape index (κ1) is 15.8. The Kier molecular flexibility index (Phi) is 6.64. The van der Waals surface area contributed by atoms with Crippen LogP contribution >= 0.6 is 0 Å². The van der Waals surface area contributed by atoms with Gasteiger partial charge in [-0.05, 0) is 31.9 Å². The summed E-state index contributed by atoms with van der Waals surface area (Å²) in [5.41, 5.74) is 0.259. The third-order valence-corrected chi connectivity index (χ3v) is 3.47. The van der Waals surface area contributed by atoms with Crippen LogP contribution in [0, 0.1) is 12.8 Å². The van der Waals surface area contributed by atoms with Crippen LogP contribution in [0.5, 0.6) is 0 Å². The van der Waals surface area contributed by atoms with Crippen LogP contribution < -0.4 is 5.32 Å². The van der Waals surface area contributed by atoms with E-state index in [0.29, 0.717) is 24.0 Å². The highest BCUT2D eigenvalue weighted by atomic mass is 16.4. The van der Waals surface area contributed by atoms with Crippen molar-refractivity contribution in [3.8, 4) is 0 Å². The quantitative estimate of drug-likeness (QED) is 0.717. The number of aryl methyl sites for hydroxylation is 1. The molecule has 0 aromatic carbocycles. The predicted octanol–water partition coefficient (Wildman–Crippen LogP) is 3.59. The molecule has 4 nitrogen and oxygen atoms in total. The predicted molar refractivity (Wildman–Crippen MR) is 75.4 cm³/mol. The number of hydrogen-bond acceptors (Lipinski definition) is 3. The lowest BCUT2D eigenvalue weighted by atomic mass is 9.99. The largest absolute Gasteiger partial charge is 0.478 e. The zero-order valence-corrected chi connectivity index (χ0v) is 12.2. The molecule has 0 spiro atoms. The Morgan fingerprint density at radius 3 is 2.74 bits per heavy atom. The number of nitrogens with one attached hydrogen (secondary N) is 1. The first-order chi connectivity index (χ1) is 9.08. The Morgan fingerprint density at radius 1 is 1.47 bits per heavy atom. The molecule has 19 heavy (non-hydrogen) atoms. The summed E-state index contributed by atoms with van der Waals surface area (Å²) in [5, 5.41) is 12.3. The van der Waals surface area contributed by atoms with E-state index in [9.17, 15) is 4.79 Å². The zero-order chi connectivity index (χ0) is 14.3. The molecule has 0 bridgehead atoms. The van der Waals surface area contributed by atoms with Gasteiger partial charge in [-0.25, -0.2) is 4.79 Å². The number of hydrogen-bond donors (Lipinski definition) is 2. The highest BCUT2D eigenvalue weighted by molar-refractivity contribution is 5.88. The van der Waals surface area contributed by atoms with Crippen LogP contribution in [0.25, 0.3) is 0 Å². The standard InChI is InChI=1S/C15H25NO3/c1-4-6-7-12(5-2)9-16-10-13-8-14(15(17)18)11(3)19-13/h8,12,16H,4-7,9-10H2,1-3H3,(H,17,18). The molecule has 0 saturated heterocycles. The Morgan fingerprint density at radius 2 is 2.21 bits per heavy atom. The van der Waals surface area contributed by atoms with Crippen LogP contribution in [-0.2, 0) is 6.54 Å². The minimum absolute atomic E-state index is 0.259. The maximum Gasteiger partial charge on any atom is 0.339 e. The van der Waals surface area contributed by atoms with Crippen molar-refractivity contribution >= 4 is 5.97 Å². The number of rotatable bonds is 9.